The van der Waals surface area contributed by atoms with Crippen LogP contribution in [0.4, 0.5) is 0 Å². The molecule has 0 fully saturated rings. The smallest absolute Gasteiger partial charge is 0.320 e. The Kier molecular flexibility index (Phi) is 5.72. The van der Waals surface area contributed by atoms with Gasteiger partial charge in [-0.3, -0.25) is 9.69 Å². The molecular formula is C10H22N2O2. The topological polar surface area (TPSA) is 66.6 Å². The van der Waals surface area contributed by atoms with Gasteiger partial charge >= 0.3 is 5.97 Å². The zero-order chi connectivity index (χ0) is 11.3. The van der Waals surface area contributed by atoms with Gasteiger partial charge in [-0.05, 0) is 34.1 Å². The minimum atomic E-state index is -0.919. The first-order chi connectivity index (χ1) is 6.36. The van der Waals surface area contributed by atoms with Crippen LogP contribution in [0, 0.1) is 0 Å². The molecule has 0 rings (SSSR count). The summed E-state index contributed by atoms with van der Waals surface area (Å²) in [6.07, 6.45) is 0.506. The fourth-order valence-corrected chi connectivity index (χ4v) is 1.52. The van der Waals surface area contributed by atoms with E-state index in [1.165, 1.54) is 0 Å². The fraction of sp³-hybridized carbons (Fsp3) is 0.900. The van der Waals surface area contributed by atoms with Gasteiger partial charge in [0.1, 0.15) is 6.04 Å². The molecule has 84 valence electrons. The number of carboxylic acids is 1. The Morgan fingerprint density at radius 3 is 2.00 bits per heavy atom. The maximum absolute atomic E-state index is 10.5. The number of nitrogens with zero attached hydrogens (tertiary/aromatic N) is 1. The molecule has 0 amide bonds. The van der Waals surface area contributed by atoms with E-state index in [0.717, 1.165) is 6.54 Å². The molecule has 3 N–H and O–H groups in total. The van der Waals surface area contributed by atoms with E-state index in [1.807, 2.05) is 0 Å². The molecule has 0 spiro atoms. The number of aliphatic carboxylic acids is 1. The van der Waals surface area contributed by atoms with Gasteiger partial charge in [0, 0.05) is 18.6 Å². The van der Waals surface area contributed by atoms with Crippen LogP contribution in [-0.4, -0.2) is 40.6 Å². The Hall–Kier alpha value is -0.610. The zero-order valence-corrected chi connectivity index (χ0v) is 9.53. The highest BCUT2D eigenvalue weighted by molar-refractivity contribution is 5.72. The lowest BCUT2D eigenvalue weighted by molar-refractivity contribution is -0.138. The summed E-state index contributed by atoms with van der Waals surface area (Å²) in [4.78, 5) is 12.7. The molecule has 4 nitrogen and oxygen atoms in total. The first kappa shape index (κ1) is 13.4. The molecule has 0 aliphatic rings. The molecule has 0 bridgehead atoms. The largest absolute Gasteiger partial charge is 0.480 e. The third kappa shape index (κ3) is 4.58. The highest BCUT2D eigenvalue weighted by atomic mass is 16.4. The standard InChI is InChI=1S/C10H22N2O2/c1-7(2)12(8(3)4)6-5-9(11)10(13)14/h7-9H,5-6,11H2,1-4H3,(H,13,14). The molecule has 0 aliphatic heterocycles. The van der Waals surface area contributed by atoms with Crippen molar-refractivity contribution in [3.63, 3.8) is 0 Å². The third-order valence-electron chi connectivity index (χ3n) is 2.34. The second-order valence-electron chi connectivity index (χ2n) is 4.16. The van der Waals surface area contributed by atoms with Crippen molar-refractivity contribution in [1.29, 1.82) is 0 Å². The molecule has 0 aliphatic carbocycles. The van der Waals surface area contributed by atoms with E-state index in [2.05, 4.69) is 32.6 Å². The maximum Gasteiger partial charge on any atom is 0.320 e. The highest BCUT2D eigenvalue weighted by Crippen LogP contribution is 2.06. The van der Waals surface area contributed by atoms with E-state index in [4.69, 9.17) is 10.8 Å². The zero-order valence-electron chi connectivity index (χ0n) is 9.53. The van der Waals surface area contributed by atoms with Crippen molar-refractivity contribution in [2.45, 2.75) is 52.2 Å². The molecule has 14 heavy (non-hydrogen) atoms. The monoisotopic (exact) mass is 202 g/mol. The Labute approximate surface area is 86.1 Å². The van der Waals surface area contributed by atoms with Gasteiger partial charge in [0.25, 0.3) is 0 Å². The van der Waals surface area contributed by atoms with Crippen molar-refractivity contribution in [2.75, 3.05) is 6.54 Å². The maximum atomic E-state index is 10.5. The van der Waals surface area contributed by atoms with Gasteiger partial charge in [-0.1, -0.05) is 0 Å². The van der Waals surface area contributed by atoms with Crippen molar-refractivity contribution in [3.05, 3.63) is 0 Å². The first-order valence-corrected chi connectivity index (χ1v) is 5.10. The summed E-state index contributed by atoms with van der Waals surface area (Å²) in [6, 6.07) is 0.113. The van der Waals surface area contributed by atoms with Crippen molar-refractivity contribution >= 4 is 5.97 Å². The number of carbonyl (C=O) groups is 1. The van der Waals surface area contributed by atoms with Gasteiger partial charge in [-0.15, -0.1) is 0 Å². The molecule has 0 aromatic carbocycles. The normalized spacial score (nSPS) is 14.0. The summed E-state index contributed by atoms with van der Waals surface area (Å²) in [5.74, 6) is -0.919. The number of carboxylic acid groups (broad SMARTS) is 1. The molecule has 0 aromatic heterocycles. The Morgan fingerprint density at radius 1 is 1.29 bits per heavy atom. The van der Waals surface area contributed by atoms with E-state index >= 15 is 0 Å². The van der Waals surface area contributed by atoms with Crippen LogP contribution in [0.25, 0.3) is 0 Å². The highest BCUT2D eigenvalue weighted by Gasteiger charge is 2.17. The van der Waals surface area contributed by atoms with E-state index in [-0.39, 0.29) is 0 Å². The predicted molar refractivity (Wildman–Crippen MR) is 57.2 cm³/mol. The van der Waals surface area contributed by atoms with Crippen LogP contribution >= 0.6 is 0 Å². The second kappa shape index (κ2) is 5.98. The summed E-state index contributed by atoms with van der Waals surface area (Å²) >= 11 is 0. The van der Waals surface area contributed by atoms with Crippen molar-refractivity contribution < 1.29 is 9.90 Å². The van der Waals surface area contributed by atoms with E-state index < -0.39 is 12.0 Å². The summed E-state index contributed by atoms with van der Waals surface area (Å²) in [7, 11) is 0. The van der Waals surface area contributed by atoms with E-state index in [0.29, 0.717) is 18.5 Å². The predicted octanol–water partition coefficient (Wildman–Crippen LogP) is 0.907. The molecule has 4 heteroatoms. The number of hydrogen-bond donors (Lipinski definition) is 2. The van der Waals surface area contributed by atoms with Crippen molar-refractivity contribution in [3.8, 4) is 0 Å². The van der Waals surface area contributed by atoms with Crippen molar-refractivity contribution in [2.24, 2.45) is 5.73 Å². The van der Waals surface area contributed by atoms with Crippen LogP contribution in [0.2, 0.25) is 0 Å². The molecule has 0 radical (unpaired) electrons. The molecule has 0 aromatic rings. The Bertz CT molecular complexity index is 173. The quantitative estimate of drug-likeness (QED) is 0.672. The lowest BCUT2D eigenvalue weighted by Gasteiger charge is -2.30. The Balaban J connectivity index is 4.00. The minimum absolute atomic E-state index is 0.427. The van der Waals surface area contributed by atoms with Crippen LogP contribution < -0.4 is 5.73 Å². The SMILES string of the molecule is CC(C)N(CCC(N)C(=O)O)C(C)C. The summed E-state index contributed by atoms with van der Waals surface area (Å²) in [5, 5.41) is 8.63. The number of nitrogens with two attached hydrogens (primary N) is 1. The lowest BCUT2D eigenvalue weighted by Crippen LogP contribution is -2.41. The minimum Gasteiger partial charge on any atom is -0.480 e. The van der Waals surface area contributed by atoms with Gasteiger partial charge in [-0.2, -0.15) is 0 Å². The third-order valence-corrected chi connectivity index (χ3v) is 2.34. The fourth-order valence-electron chi connectivity index (χ4n) is 1.52. The lowest BCUT2D eigenvalue weighted by atomic mass is 10.1. The van der Waals surface area contributed by atoms with Crippen LogP contribution in [0.3, 0.4) is 0 Å². The molecular weight excluding hydrogens is 180 g/mol. The van der Waals surface area contributed by atoms with Crippen LogP contribution in [0.15, 0.2) is 0 Å². The van der Waals surface area contributed by atoms with Crippen LogP contribution in [0.5, 0.6) is 0 Å². The summed E-state index contributed by atoms with van der Waals surface area (Å²) < 4.78 is 0. The molecule has 1 unspecified atom stereocenters. The van der Waals surface area contributed by atoms with Gasteiger partial charge in [-0.25, -0.2) is 0 Å². The molecule has 0 saturated heterocycles. The Morgan fingerprint density at radius 2 is 1.71 bits per heavy atom. The second-order valence-corrected chi connectivity index (χ2v) is 4.16. The molecule has 1 atom stereocenters. The summed E-state index contributed by atoms with van der Waals surface area (Å²) in [5.41, 5.74) is 5.44. The van der Waals surface area contributed by atoms with Gasteiger partial charge < -0.3 is 10.8 Å². The van der Waals surface area contributed by atoms with Gasteiger partial charge in [0.2, 0.25) is 0 Å². The van der Waals surface area contributed by atoms with E-state index in [1.54, 1.807) is 0 Å². The van der Waals surface area contributed by atoms with Gasteiger partial charge in [0.05, 0.1) is 0 Å². The summed E-state index contributed by atoms with van der Waals surface area (Å²) in [6.45, 7) is 9.15. The number of rotatable bonds is 6. The average molecular weight is 202 g/mol. The first-order valence-electron chi connectivity index (χ1n) is 5.10. The molecule has 0 heterocycles. The van der Waals surface area contributed by atoms with Gasteiger partial charge in [0.15, 0.2) is 0 Å². The van der Waals surface area contributed by atoms with Crippen LogP contribution in [-0.2, 0) is 4.79 Å². The average Bonchev–Trinajstić information content (AvgIpc) is 2.02. The van der Waals surface area contributed by atoms with Crippen molar-refractivity contribution in [1.82, 2.24) is 4.90 Å². The molecule has 0 saturated carbocycles. The van der Waals surface area contributed by atoms with E-state index in [9.17, 15) is 4.79 Å². The van der Waals surface area contributed by atoms with Crippen LogP contribution in [0.1, 0.15) is 34.1 Å². The number of hydrogen-bond acceptors (Lipinski definition) is 3.